The number of rotatable bonds is 8. The second-order valence-electron chi connectivity index (χ2n) is 9.15. The molecule has 0 fully saturated rings. The van der Waals surface area contributed by atoms with Gasteiger partial charge in [0.15, 0.2) is 16.3 Å². The summed E-state index contributed by atoms with van der Waals surface area (Å²) < 4.78 is 45.8. The minimum absolute atomic E-state index is 0.146. The van der Waals surface area contributed by atoms with Crippen LogP contribution < -0.4 is 24.4 Å². The van der Waals surface area contributed by atoms with E-state index in [1.807, 2.05) is 0 Å². The number of benzene rings is 3. The fourth-order valence-electron chi connectivity index (χ4n) is 4.59. The van der Waals surface area contributed by atoms with Crippen molar-refractivity contribution in [3.05, 3.63) is 126 Å². The Bertz CT molecular complexity index is 1810. The molecular formula is C31H26F2N2O5S. The summed E-state index contributed by atoms with van der Waals surface area (Å²) in [6, 6.07) is 16.0. The van der Waals surface area contributed by atoms with Crippen LogP contribution in [0, 0.1) is 11.6 Å². The van der Waals surface area contributed by atoms with Crippen LogP contribution >= 0.6 is 11.3 Å². The summed E-state index contributed by atoms with van der Waals surface area (Å²) in [4.78, 5) is 31.9. The van der Waals surface area contributed by atoms with Crippen LogP contribution in [-0.4, -0.2) is 24.3 Å². The second-order valence-corrected chi connectivity index (χ2v) is 10.2. The zero-order valence-corrected chi connectivity index (χ0v) is 23.3. The number of esters is 1. The van der Waals surface area contributed by atoms with Gasteiger partial charge < -0.3 is 14.2 Å². The van der Waals surface area contributed by atoms with Gasteiger partial charge in [-0.3, -0.25) is 9.36 Å². The molecule has 0 spiro atoms. The summed E-state index contributed by atoms with van der Waals surface area (Å²) >= 11 is 1.16. The molecule has 0 radical (unpaired) electrons. The lowest BCUT2D eigenvalue weighted by molar-refractivity contribution is -0.139. The average Bonchev–Trinajstić information content (AvgIpc) is 3.26. The first-order chi connectivity index (χ1) is 19.8. The molecule has 0 saturated carbocycles. The Morgan fingerprint density at radius 2 is 1.73 bits per heavy atom. The Labute approximate surface area is 238 Å². The summed E-state index contributed by atoms with van der Waals surface area (Å²) in [5, 5.41) is 0. The molecule has 7 nitrogen and oxygen atoms in total. The summed E-state index contributed by atoms with van der Waals surface area (Å²) in [7, 11) is 1.51. The van der Waals surface area contributed by atoms with E-state index in [4.69, 9.17) is 14.2 Å². The van der Waals surface area contributed by atoms with E-state index in [1.54, 1.807) is 62.4 Å². The normalized spacial score (nSPS) is 14.9. The Morgan fingerprint density at radius 3 is 2.39 bits per heavy atom. The Kier molecular flexibility index (Phi) is 8.11. The van der Waals surface area contributed by atoms with Crippen molar-refractivity contribution in [1.29, 1.82) is 0 Å². The van der Waals surface area contributed by atoms with E-state index in [2.05, 4.69) is 4.99 Å². The highest BCUT2D eigenvalue weighted by Gasteiger charge is 2.33. The van der Waals surface area contributed by atoms with Crippen molar-refractivity contribution in [1.82, 2.24) is 4.57 Å². The van der Waals surface area contributed by atoms with Crippen molar-refractivity contribution in [3.8, 4) is 11.5 Å². The highest BCUT2D eigenvalue weighted by atomic mass is 32.1. The molecule has 0 aliphatic carbocycles. The van der Waals surface area contributed by atoms with E-state index in [0.29, 0.717) is 37.7 Å². The Morgan fingerprint density at radius 1 is 1.05 bits per heavy atom. The highest BCUT2D eigenvalue weighted by molar-refractivity contribution is 7.07. The molecule has 2 heterocycles. The number of para-hydroxylation sites is 1. The molecule has 1 aliphatic rings. The maximum atomic E-state index is 13.9. The molecule has 1 aromatic heterocycles. The molecule has 3 aromatic carbocycles. The van der Waals surface area contributed by atoms with E-state index in [0.717, 1.165) is 16.9 Å². The monoisotopic (exact) mass is 576 g/mol. The Hall–Kier alpha value is -4.57. The van der Waals surface area contributed by atoms with Crippen molar-refractivity contribution in [2.24, 2.45) is 4.99 Å². The molecule has 0 saturated heterocycles. The summed E-state index contributed by atoms with van der Waals surface area (Å²) in [6.07, 6.45) is 1.68. The lowest BCUT2D eigenvalue weighted by atomic mass is 9.96. The molecule has 1 atom stereocenters. The van der Waals surface area contributed by atoms with Crippen LogP contribution in [0.15, 0.2) is 87.8 Å². The van der Waals surface area contributed by atoms with E-state index in [9.17, 15) is 18.4 Å². The molecule has 1 aliphatic heterocycles. The number of hydrogen-bond acceptors (Lipinski definition) is 7. The number of halogens is 2. The number of nitrogens with zero attached hydrogens (tertiary/aromatic N) is 2. The van der Waals surface area contributed by atoms with Crippen LogP contribution in [0.1, 0.15) is 36.6 Å². The number of ether oxygens (including phenoxy) is 3. The molecule has 210 valence electrons. The topological polar surface area (TPSA) is 79.1 Å². The number of fused-ring (bicyclic) bond motifs is 1. The molecule has 0 amide bonds. The highest BCUT2D eigenvalue weighted by Crippen LogP contribution is 2.33. The fourth-order valence-corrected chi connectivity index (χ4v) is 5.63. The van der Waals surface area contributed by atoms with E-state index in [1.165, 1.54) is 35.9 Å². The average molecular weight is 577 g/mol. The smallest absolute Gasteiger partial charge is 0.338 e. The number of methoxy groups -OCH3 is 1. The Balaban J connectivity index is 1.63. The first-order valence-corrected chi connectivity index (χ1v) is 13.6. The summed E-state index contributed by atoms with van der Waals surface area (Å²) in [5.74, 6) is -0.517. The van der Waals surface area contributed by atoms with Crippen molar-refractivity contribution >= 4 is 23.4 Å². The molecule has 0 bridgehead atoms. The van der Waals surface area contributed by atoms with Crippen LogP contribution in [0.2, 0.25) is 0 Å². The second kappa shape index (κ2) is 11.9. The minimum atomic E-state index is -0.854. The molecule has 10 heteroatoms. The van der Waals surface area contributed by atoms with Gasteiger partial charge in [-0.15, -0.1) is 0 Å². The van der Waals surface area contributed by atoms with E-state index < -0.39 is 17.8 Å². The van der Waals surface area contributed by atoms with Gasteiger partial charge in [0.1, 0.15) is 18.2 Å². The van der Waals surface area contributed by atoms with Crippen molar-refractivity contribution in [2.45, 2.75) is 26.5 Å². The lowest BCUT2D eigenvalue weighted by Gasteiger charge is -2.24. The van der Waals surface area contributed by atoms with Crippen LogP contribution in [0.5, 0.6) is 11.5 Å². The molecule has 4 aromatic rings. The largest absolute Gasteiger partial charge is 0.493 e. The zero-order chi connectivity index (χ0) is 29.1. The molecular weight excluding hydrogens is 550 g/mol. The minimum Gasteiger partial charge on any atom is -0.493 e. The maximum Gasteiger partial charge on any atom is 0.338 e. The first-order valence-electron chi connectivity index (χ1n) is 12.8. The van der Waals surface area contributed by atoms with Gasteiger partial charge >= 0.3 is 5.97 Å². The predicted octanol–water partition coefficient (Wildman–Crippen LogP) is 4.66. The van der Waals surface area contributed by atoms with Crippen molar-refractivity contribution in [3.63, 3.8) is 0 Å². The van der Waals surface area contributed by atoms with Gasteiger partial charge in [-0.05, 0) is 61.4 Å². The molecule has 0 N–H and O–H groups in total. The van der Waals surface area contributed by atoms with Gasteiger partial charge in [0.25, 0.3) is 5.56 Å². The third-order valence-electron chi connectivity index (χ3n) is 6.52. The molecule has 5 rings (SSSR count). The number of hydrogen-bond donors (Lipinski definition) is 0. The van der Waals surface area contributed by atoms with Gasteiger partial charge in [-0.1, -0.05) is 47.7 Å². The van der Waals surface area contributed by atoms with Gasteiger partial charge in [-0.25, -0.2) is 18.6 Å². The maximum absolute atomic E-state index is 13.9. The van der Waals surface area contributed by atoms with Crippen LogP contribution in [0.25, 0.3) is 6.08 Å². The van der Waals surface area contributed by atoms with E-state index >= 15 is 0 Å². The third kappa shape index (κ3) is 5.69. The van der Waals surface area contributed by atoms with Crippen molar-refractivity contribution in [2.75, 3.05) is 13.7 Å². The standard InChI is InChI=1S/C31H26F2N2O5S/c1-4-39-30(37)26-18(2)34-31-35(27(26)20-10-14-23(33)15-11-20)29(36)25(41-31)16-21-6-5-7-24(38-3)28(21)40-17-19-8-12-22(32)13-9-19/h5-16,27H,4,17H2,1-3H3/b25-16-/t27-/m1/s1. The zero-order valence-electron chi connectivity index (χ0n) is 22.5. The van der Waals surface area contributed by atoms with Gasteiger partial charge in [0.05, 0.1) is 35.6 Å². The first kappa shape index (κ1) is 28.0. The SMILES string of the molecule is CCOC(=O)C1=C(C)N=c2s/c(=C\c3cccc(OC)c3OCc3ccc(F)cc3)c(=O)n2[C@@H]1c1ccc(F)cc1. The van der Waals surface area contributed by atoms with Gasteiger partial charge in [0, 0.05) is 5.56 Å². The van der Waals surface area contributed by atoms with E-state index in [-0.39, 0.29) is 30.2 Å². The molecule has 41 heavy (non-hydrogen) atoms. The number of carbonyl (C=O) groups is 1. The summed E-state index contributed by atoms with van der Waals surface area (Å²) in [5.41, 5.74) is 2.11. The van der Waals surface area contributed by atoms with Crippen LogP contribution in [0.3, 0.4) is 0 Å². The van der Waals surface area contributed by atoms with Gasteiger partial charge in [-0.2, -0.15) is 0 Å². The quantitative estimate of drug-likeness (QED) is 0.285. The number of carbonyl (C=O) groups excluding carboxylic acids is 1. The predicted molar refractivity (Wildman–Crippen MR) is 151 cm³/mol. The third-order valence-corrected chi connectivity index (χ3v) is 7.50. The number of allylic oxidation sites excluding steroid dienone is 1. The summed E-state index contributed by atoms with van der Waals surface area (Å²) in [6.45, 7) is 3.67. The fraction of sp³-hybridized carbons (Fsp3) is 0.194. The molecule has 0 unspecified atom stereocenters. The van der Waals surface area contributed by atoms with Crippen molar-refractivity contribution < 1.29 is 27.8 Å². The lowest BCUT2D eigenvalue weighted by Crippen LogP contribution is -2.39. The van der Waals surface area contributed by atoms with Crippen LogP contribution in [0.4, 0.5) is 8.78 Å². The van der Waals surface area contributed by atoms with Crippen LogP contribution in [-0.2, 0) is 16.1 Å². The number of aromatic nitrogens is 1. The van der Waals surface area contributed by atoms with Gasteiger partial charge in [0.2, 0.25) is 0 Å². The number of thiazole rings is 1.